The molecule has 0 radical (unpaired) electrons. The van der Waals surface area contributed by atoms with Crippen LogP contribution < -0.4 is 0 Å². The molecule has 0 fully saturated rings. The van der Waals surface area contributed by atoms with Crippen LogP contribution in [0, 0.1) is 0 Å². The fraction of sp³-hybridized carbons (Fsp3) is 0.625. The Morgan fingerprint density at radius 2 is 2.00 bits per heavy atom. The van der Waals surface area contributed by atoms with E-state index in [9.17, 15) is 0 Å². The summed E-state index contributed by atoms with van der Waals surface area (Å²) in [5.41, 5.74) is 1.16. The number of aromatic amines is 1. The summed E-state index contributed by atoms with van der Waals surface area (Å²) in [6, 6.07) is 0. The van der Waals surface area contributed by atoms with E-state index in [-0.39, 0.29) is 19.1 Å². The van der Waals surface area contributed by atoms with E-state index in [0.717, 1.165) is 5.82 Å². The monoisotopic (exact) mass is 170 g/mol. The van der Waals surface area contributed by atoms with Crippen LogP contribution in [0.4, 0.5) is 0 Å². The summed E-state index contributed by atoms with van der Waals surface area (Å²) < 4.78 is 0. The molecule has 0 saturated carbocycles. The number of aromatic nitrogens is 2. The minimum absolute atomic E-state index is 0.102. The average Bonchev–Trinajstić information content (AvgIpc) is 2.46. The van der Waals surface area contributed by atoms with E-state index in [1.807, 2.05) is 13.8 Å². The van der Waals surface area contributed by atoms with Gasteiger partial charge in [-0.2, -0.15) is 0 Å². The predicted molar refractivity (Wildman–Crippen MR) is 44.5 cm³/mol. The molecule has 0 spiro atoms. The number of aliphatic hydroxyl groups excluding tert-OH is 2. The molecule has 0 aliphatic carbocycles. The van der Waals surface area contributed by atoms with Crippen molar-refractivity contribution < 1.29 is 10.2 Å². The smallest absolute Gasteiger partial charge is 0.109 e. The first-order valence-electron chi connectivity index (χ1n) is 3.98. The summed E-state index contributed by atoms with van der Waals surface area (Å²) in [5.74, 6) is 1.10. The maximum Gasteiger partial charge on any atom is 0.109 e. The summed E-state index contributed by atoms with van der Waals surface area (Å²) in [7, 11) is 0. The lowest BCUT2D eigenvalue weighted by atomic mass is 10.2. The lowest BCUT2D eigenvalue weighted by Gasteiger charge is -1.96. The molecular formula is C8H14N2O2. The Labute approximate surface area is 71.3 Å². The first-order chi connectivity index (χ1) is 5.69. The van der Waals surface area contributed by atoms with Gasteiger partial charge < -0.3 is 15.2 Å². The van der Waals surface area contributed by atoms with Crippen LogP contribution in [0.15, 0.2) is 0 Å². The Morgan fingerprint density at radius 3 is 2.33 bits per heavy atom. The molecule has 0 aliphatic heterocycles. The Kier molecular flexibility index (Phi) is 2.83. The maximum atomic E-state index is 8.86. The van der Waals surface area contributed by atoms with Crippen molar-refractivity contribution in [2.75, 3.05) is 0 Å². The van der Waals surface area contributed by atoms with Gasteiger partial charge in [0.05, 0.1) is 24.6 Å². The number of aliphatic hydroxyl groups is 2. The van der Waals surface area contributed by atoms with Gasteiger partial charge >= 0.3 is 0 Å². The Bertz CT molecular complexity index is 234. The van der Waals surface area contributed by atoms with Crippen LogP contribution in [0.3, 0.4) is 0 Å². The molecule has 68 valence electrons. The second-order valence-corrected chi connectivity index (χ2v) is 3.02. The summed E-state index contributed by atoms with van der Waals surface area (Å²) in [5, 5.41) is 17.7. The van der Waals surface area contributed by atoms with Crippen molar-refractivity contribution in [2.45, 2.75) is 33.0 Å². The van der Waals surface area contributed by atoms with Gasteiger partial charge in [0, 0.05) is 5.92 Å². The molecule has 4 nitrogen and oxygen atoms in total. The average molecular weight is 170 g/mol. The minimum Gasteiger partial charge on any atom is -0.390 e. The van der Waals surface area contributed by atoms with Crippen LogP contribution >= 0.6 is 0 Å². The lowest BCUT2D eigenvalue weighted by Crippen LogP contribution is -1.91. The number of nitrogens with zero attached hydrogens (tertiary/aromatic N) is 1. The number of hydrogen-bond acceptors (Lipinski definition) is 3. The minimum atomic E-state index is -0.126. The molecule has 4 heteroatoms. The van der Waals surface area contributed by atoms with Gasteiger partial charge in [0.15, 0.2) is 0 Å². The quantitative estimate of drug-likeness (QED) is 0.619. The van der Waals surface area contributed by atoms with Gasteiger partial charge in [-0.05, 0) is 0 Å². The van der Waals surface area contributed by atoms with Crippen molar-refractivity contribution in [1.82, 2.24) is 9.97 Å². The number of rotatable bonds is 3. The van der Waals surface area contributed by atoms with Gasteiger partial charge in [-0.3, -0.25) is 0 Å². The Hall–Kier alpha value is -0.870. The van der Waals surface area contributed by atoms with Crippen LogP contribution in [0.2, 0.25) is 0 Å². The zero-order valence-electron chi connectivity index (χ0n) is 7.33. The number of hydrogen-bond donors (Lipinski definition) is 3. The Morgan fingerprint density at radius 1 is 1.33 bits per heavy atom. The molecule has 3 N–H and O–H groups in total. The van der Waals surface area contributed by atoms with Crippen molar-refractivity contribution in [3.63, 3.8) is 0 Å². The van der Waals surface area contributed by atoms with E-state index in [1.165, 1.54) is 0 Å². The number of H-pyrrole nitrogens is 1. The van der Waals surface area contributed by atoms with E-state index in [1.54, 1.807) is 0 Å². The fourth-order valence-corrected chi connectivity index (χ4v) is 1.00. The van der Waals surface area contributed by atoms with Crippen molar-refractivity contribution in [2.24, 2.45) is 0 Å². The van der Waals surface area contributed by atoms with Crippen LogP contribution in [0.1, 0.15) is 37.0 Å². The summed E-state index contributed by atoms with van der Waals surface area (Å²) in [6.07, 6.45) is 0. The molecule has 0 aromatic carbocycles. The molecule has 1 aromatic rings. The van der Waals surface area contributed by atoms with E-state index in [4.69, 9.17) is 10.2 Å². The highest BCUT2D eigenvalue weighted by Gasteiger charge is 2.10. The normalized spacial score (nSPS) is 11.1. The zero-order chi connectivity index (χ0) is 9.14. The molecule has 0 unspecified atom stereocenters. The molecule has 0 bridgehead atoms. The third-order valence-corrected chi connectivity index (χ3v) is 1.74. The Balaban J connectivity index is 2.97. The van der Waals surface area contributed by atoms with Crippen molar-refractivity contribution in [1.29, 1.82) is 0 Å². The number of imidazole rings is 1. The van der Waals surface area contributed by atoms with E-state index >= 15 is 0 Å². The highest BCUT2D eigenvalue weighted by atomic mass is 16.3. The van der Waals surface area contributed by atoms with Gasteiger partial charge in [0.25, 0.3) is 0 Å². The van der Waals surface area contributed by atoms with Crippen molar-refractivity contribution in [3.8, 4) is 0 Å². The predicted octanol–water partition coefficient (Wildman–Crippen LogP) is 0.518. The van der Waals surface area contributed by atoms with Crippen LogP contribution in [-0.4, -0.2) is 20.2 Å². The van der Waals surface area contributed by atoms with Crippen molar-refractivity contribution in [3.05, 3.63) is 17.2 Å². The summed E-state index contributed by atoms with van der Waals surface area (Å²) in [6.45, 7) is 3.77. The molecule has 0 atom stereocenters. The van der Waals surface area contributed by atoms with Crippen LogP contribution in [0.25, 0.3) is 0 Å². The SMILES string of the molecule is CC(C)c1nc(CO)c(CO)[nH]1. The standard InChI is InChI=1S/C8H14N2O2/c1-5(2)8-9-6(3-11)7(4-12)10-8/h5,11-12H,3-4H2,1-2H3,(H,9,10). The third kappa shape index (κ3) is 1.65. The fourth-order valence-electron chi connectivity index (χ4n) is 1.00. The van der Waals surface area contributed by atoms with Crippen molar-refractivity contribution >= 4 is 0 Å². The second kappa shape index (κ2) is 3.69. The van der Waals surface area contributed by atoms with Gasteiger partial charge in [-0.1, -0.05) is 13.8 Å². The molecule has 1 rings (SSSR count). The lowest BCUT2D eigenvalue weighted by molar-refractivity contribution is 0.255. The first kappa shape index (κ1) is 9.22. The van der Waals surface area contributed by atoms with Gasteiger partial charge in [-0.15, -0.1) is 0 Å². The summed E-state index contributed by atoms with van der Waals surface area (Å²) in [4.78, 5) is 7.09. The third-order valence-electron chi connectivity index (χ3n) is 1.74. The highest BCUT2D eigenvalue weighted by molar-refractivity contribution is 5.14. The van der Waals surface area contributed by atoms with Gasteiger partial charge in [0.2, 0.25) is 0 Å². The van der Waals surface area contributed by atoms with Crippen LogP contribution in [-0.2, 0) is 13.2 Å². The van der Waals surface area contributed by atoms with E-state index < -0.39 is 0 Å². The number of nitrogens with one attached hydrogen (secondary N) is 1. The molecule has 0 aliphatic rings. The van der Waals surface area contributed by atoms with Crippen LogP contribution in [0.5, 0.6) is 0 Å². The molecule has 1 aromatic heterocycles. The molecule has 0 amide bonds. The van der Waals surface area contributed by atoms with Gasteiger partial charge in [0.1, 0.15) is 5.82 Å². The zero-order valence-corrected chi connectivity index (χ0v) is 7.33. The topological polar surface area (TPSA) is 69.1 Å². The molecular weight excluding hydrogens is 156 g/mol. The summed E-state index contributed by atoms with van der Waals surface area (Å²) >= 11 is 0. The second-order valence-electron chi connectivity index (χ2n) is 3.02. The molecule has 0 saturated heterocycles. The maximum absolute atomic E-state index is 8.86. The molecule has 1 heterocycles. The van der Waals surface area contributed by atoms with E-state index in [2.05, 4.69) is 9.97 Å². The first-order valence-corrected chi connectivity index (χ1v) is 3.98. The van der Waals surface area contributed by atoms with E-state index in [0.29, 0.717) is 11.4 Å². The molecule has 12 heavy (non-hydrogen) atoms. The largest absolute Gasteiger partial charge is 0.390 e. The van der Waals surface area contributed by atoms with Gasteiger partial charge in [-0.25, -0.2) is 4.98 Å². The highest BCUT2D eigenvalue weighted by Crippen LogP contribution is 2.13.